The van der Waals surface area contributed by atoms with Gasteiger partial charge in [0.25, 0.3) is 0 Å². The molecule has 0 bridgehead atoms. The van der Waals surface area contributed by atoms with Crippen molar-refractivity contribution in [1.82, 2.24) is 10.3 Å². The van der Waals surface area contributed by atoms with Crippen LogP contribution >= 0.6 is 0 Å². The number of para-hydroxylation sites is 1. The summed E-state index contributed by atoms with van der Waals surface area (Å²) >= 11 is 0. The van der Waals surface area contributed by atoms with Crippen molar-refractivity contribution >= 4 is 10.9 Å². The third-order valence-corrected chi connectivity index (χ3v) is 3.11. The van der Waals surface area contributed by atoms with Crippen molar-refractivity contribution in [3.05, 3.63) is 35.5 Å². The fourth-order valence-corrected chi connectivity index (χ4v) is 2.38. The zero-order valence-corrected chi connectivity index (χ0v) is 8.30. The van der Waals surface area contributed by atoms with Crippen LogP contribution in [0.25, 0.3) is 10.9 Å². The molecule has 72 valence electrons. The predicted octanol–water partition coefficient (Wildman–Crippen LogP) is 2.37. The molecule has 1 aromatic carbocycles. The van der Waals surface area contributed by atoms with Crippen molar-refractivity contribution < 1.29 is 0 Å². The standard InChI is InChI=1S/C12H14N2/c1-8-12-10(6-7-13-8)9-4-2-3-5-11(9)14-12/h2-5,8,13-14H,6-7H2,1H3. The SMILES string of the molecule is CC1NCCc2c1[nH]c1ccccc21. The lowest BCUT2D eigenvalue weighted by Gasteiger charge is -2.20. The van der Waals surface area contributed by atoms with E-state index in [0.717, 1.165) is 13.0 Å². The van der Waals surface area contributed by atoms with Gasteiger partial charge in [0, 0.05) is 22.6 Å². The highest BCUT2D eigenvalue weighted by molar-refractivity contribution is 5.85. The Morgan fingerprint density at radius 2 is 2.14 bits per heavy atom. The Bertz CT molecular complexity index is 470. The summed E-state index contributed by atoms with van der Waals surface area (Å²) in [6, 6.07) is 9.03. The van der Waals surface area contributed by atoms with Crippen molar-refractivity contribution in [3.8, 4) is 0 Å². The molecule has 0 fully saturated rings. The van der Waals surface area contributed by atoms with E-state index in [1.54, 1.807) is 0 Å². The van der Waals surface area contributed by atoms with E-state index in [4.69, 9.17) is 0 Å². The molecule has 2 heteroatoms. The molecule has 2 aromatic rings. The molecule has 14 heavy (non-hydrogen) atoms. The third kappa shape index (κ3) is 1.01. The van der Waals surface area contributed by atoms with Crippen LogP contribution in [0.1, 0.15) is 24.2 Å². The van der Waals surface area contributed by atoms with Gasteiger partial charge in [-0.05, 0) is 31.5 Å². The fraction of sp³-hybridized carbons (Fsp3) is 0.333. The van der Waals surface area contributed by atoms with Gasteiger partial charge in [0.15, 0.2) is 0 Å². The lowest BCUT2D eigenvalue weighted by molar-refractivity contribution is 0.533. The Kier molecular flexibility index (Phi) is 1.64. The van der Waals surface area contributed by atoms with Crippen LogP contribution in [0.4, 0.5) is 0 Å². The molecule has 2 heterocycles. The number of nitrogens with one attached hydrogen (secondary N) is 2. The molecule has 1 aliphatic rings. The zero-order valence-electron chi connectivity index (χ0n) is 8.30. The highest BCUT2D eigenvalue weighted by Gasteiger charge is 2.19. The number of hydrogen-bond acceptors (Lipinski definition) is 1. The summed E-state index contributed by atoms with van der Waals surface area (Å²) in [5, 5.41) is 4.87. The fourth-order valence-electron chi connectivity index (χ4n) is 2.38. The van der Waals surface area contributed by atoms with Gasteiger partial charge in [0.05, 0.1) is 0 Å². The second-order valence-corrected chi connectivity index (χ2v) is 3.99. The van der Waals surface area contributed by atoms with Gasteiger partial charge in [0.1, 0.15) is 0 Å². The quantitative estimate of drug-likeness (QED) is 0.649. The van der Waals surface area contributed by atoms with E-state index in [-0.39, 0.29) is 0 Å². The van der Waals surface area contributed by atoms with E-state index in [9.17, 15) is 0 Å². The van der Waals surface area contributed by atoms with Crippen LogP contribution < -0.4 is 5.32 Å². The van der Waals surface area contributed by atoms with Gasteiger partial charge in [-0.2, -0.15) is 0 Å². The Balaban J connectivity index is 2.32. The summed E-state index contributed by atoms with van der Waals surface area (Å²) in [5.41, 5.74) is 4.15. The van der Waals surface area contributed by atoms with Gasteiger partial charge in [-0.25, -0.2) is 0 Å². The van der Waals surface area contributed by atoms with E-state index < -0.39 is 0 Å². The summed E-state index contributed by atoms with van der Waals surface area (Å²) in [7, 11) is 0. The molecule has 1 aliphatic heterocycles. The molecular weight excluding hydrogens is 172 g/mol. The van der Waals surface area contributed by atoms with E-state index >= 15 is 0 Å². The average Bonchev–Trinajstić information content (AvgIpc) is 2.59. The first-order valence-electron chi connectivity index (χ1n) is 5.19. The highest BCUT2D eigenvalue weighted by atomic mass is 15.0. The van der Waals surface area contributed by atoms with Crippen LogP contribution in [0.5, 0.6) is 0 Å². The van der Waals surface area contributed by atoms with Crippen molar-refractivity contribution in [3.63, 3.8) is 0 Å². The number of rotatable bonds is 0. The summed E-state index contributed by atoms with van der Waals surface area (Å²) in [6.07, 6.45) is 1.14. The van der Waals surface area contributed by atoms with Gasteiger partial charge in [-0.3, -0.25) is 0 Å². The molecule has 2 nitrogen and oxygen atoms in total. The second-order valence-electron chi connectivity index (χ2n) is 3.99. The Labute approximate surface area is 83.3 Å². The van der Waals surface area contributed by atoms with Crippen LogP contribution in [0.15, 0.2) is 24.3 Å². The smallest absolute Gasteiger partial charge is 0.0459 e. The molecule has 0 saturated carbocycles. The van der Waals surface area contributed by atoms with E-state index in [0.29, 0.717) is 6.04 Å². The Morgan fingerprint density at radius 3 is 3.07 bits per heavy atom. The summed E-state index contributed by atoms with van der Waals surface area (Å²) in [5.74, 6) is 0. The minimum absolute atomic E-state index is 0.464. The maximum Gasteiger partial charge on any atom is 0.0459 e. The molecule has 2 N–H and O–H groups in total. The normalized spacial score (nSPS) is 21.1. The number of aromatic amines is 1. The number of hydrogen-bond donors (Lipinski definition) is 2. The van der Waals surface area contributed by atoms with Crippen molar-refractivity contribution in [1.29, 1.82) is 0 Å². The number of H-pyrrole nitrogens is 1. The van der Waals surface area contributed by atoms with Gasteiger partial charge in [-0.1, -0.05) is 18.2 Å². The van der Waals surface area contributed by atoms with E-state index in [1.807, 2.05) is 0 Å². The summed E-state index contributed by atoms with van der Waals surface area (Å²) in [4.78, 5) is 3.50. The second kappa shape index (κ2) is 2.85. The number of benzene rings is 1. The van der Waals surface area contributed by atoms with Crippen LogP contribution in [0.2, 0.25) is 0 Å². The van der Waals surface area contributed by atoms with E-state index in [1.165, 1.54) is 22.2 Å². The molecule has 0 aliphatic carbocycles. The summed E-state index contributed by atoms with van der Waals surface area (Å²) in [6.45, 7) is 3.31. The van der Waals surface area contributed by atoms with Crippen molar-refractivity contribution in [2.45, 2.75) is 19.4 Å². The molecule has 0 spiro atoms. The maximum absolute atomic E-state index is 3.50. The topological polar surface area (TPSA) is 27.8 Å². The van der Waals surface area contributed by atoms with Gasteiger partial charge in [0.2, 0.25) is 0 Å². The summed E-state index contributed by atoms with van der Waals surface area (Å²) < 4.78 is 0. The minimum Gasteiger partial charge on any atom is -0.357 e. The Morgan fingerprint density at radius 1 is 1.29 bits per heavy atom. The molecule has 0 amide bonds. The highest BCUT2D eigenvalue weighted by Crippen LogP contribution is 2.29. The lowest BCUT2D eigenvalue weighted by atomic mass is 10.0. The monoisotopic (exact) mass is 186 g/mol. The molecule has 1 atom stereocenters. The minimum atomic E-state index is 0.464. The molecule has 0 radical (unpaired) electrons. The van der Waals surface area contributed by atoms with Gasteiger partial charge < -0.3 is 10.3 Å². The lowest BCUT2D eigenvalue weighted by Crippen LogP contribution is -2.27. The van der Waals surface area contributed by atoms with Crippen molar-refractivity contribution in [2.24, 2.45) is 0 Å². The maximum atomic E-state index is 3.50. The first-order chi connectivity index (χ1) is 6.86. The van der Waals surface area contributed by atoms with E-state index in [2.05, 4.69) is 41.5 Å². The molecular formula is C12H14N2. The van der Waals surface area contributed by atoms with Crippen LogP contribution in [0, 0.1) is 0 Å². The van der Waals surface area contributed by atoms with Crippen LogP contribution in [-0.2, 0) is 6.42 Å². The number of fused-ring (bicyclic) bond motifs is 3. The number of aromatic nitrogens is 1. The molecule has 1 aromatic heterocycles. The average molecular weight is 186 g/mol. The largest absolute Gasteiger partial charge is 0.357 e. The predicted molar refractivity (Wildman–Crippen MR) is 58.4 cm³/mol. The Hall–Kier alpha value is -1.28. The van der Waals surface area contributed by atoms with Crippen molar-refractivity contribution in [2.75, 3.05) is 6.54 Å². The van der Waals surface area contributed by atoms with Crippen LogP contribution in [-0.4, -0.2) is 11.5 Å². The molecule has 3 rings (SSSR count). The van der Waals surface area contributed by atoms with Crippen LogP contribution in [0.3, 0.4) is 0 Å². The third-order valence-electron chi connectivity index (χ3n) is 3.11. The van der Waals surface area contributed by atoms with Gasteiger partial charge >= 0.3 is 0 Å². The first kappa shape index (κ1) is 8.06. The van der Waals surface area contributed by atoms with Gasteiger partial charge in [-0.15, -0.1) is 0 Å². The zero-order chi connectivity index (χ0) is 9.54. The molecule has 1 unspecified atom stereocenters. The molecule has 0 saturated heterocycles. The first-order valence-corrected chi connectivity index (χ1v) is 5.19.